The molecule has 2 nitrogen and oxygen atoms in total. The fourth-order valence-electron chi connectivity index (χ4n) is 5.94. The summed E-state index contributed by atoms with van der Waals surface area (Å²) in [5.74, 6) is 2.59. The highest BCUT2D eigenvalue weighted by Gasteiger charge is 2.22. The van der Waals surface area contributed by atoms with Crippen LogP contribution in [0.4, 0.5) is 0 Å². The lowest BCUT2D eigenvalue weighted by Crippen LogP contribution is -2.05. The van der Waals surface area contributed by atoms with Gasteiger partial charge in [-0.1, -0.05) is 119 Å². The van der Waals surface area contributed by atoms with Crippen molar-refractivity contribution in [1.82, 2.24) is 9.97 Å². The minimum Gasteiger partial charge on any atom is -0.246 e. The predicted molar refractivity (Wildman–Crippen MR) is 183 cm³/mol. The van der Waals surface area contributed by atoms with Crippen LogP contribution < -0.4 is 0 Å². The molecule has 2 aromatic heterocycles. The quantitative estimate of drug-likeness (QED) is 0.203. The Hall–Kier alpha value is -3.26. The van der Waals surface area contributed by atoms with Crippen molar-refractivity contribution in [2.45, 2.75) is 119 Å². The Morgan fingerprint density at radius 1 is 0.357 bits per heavy atom. The first-order chi connectivity index (χ1) is 19.8. The Balaban J connectivity index is 1.91. The van der Waals surface area contributed by atoms with Gasteiger partial charge < -0.3 is 0 Å². The molecule has 0 N–H and O–H groups in total. The van der Waals surface area contributed by atoms with Crippen LogP contribution in [0.5, 0.6) is 0 Å². The summed E-state index contributed by atoms with van der Waals surface area (Å²) in [5, 5.41) is 0. The number of benzene rings is 2. The lowest BCUT2D eigenvalue weighted by Gasteiger charge is -2.23. The summed E-state index contributed by atoms with van der Waals surface area (Å²) in [6, 6.07) is 22.5. The van der Waals surface area contributed by atoms with Gasteiger partial charge in [0.05, 0.1) is 22.8 Å². The number of pyridine rings is 2. The van der Waals surface area contributed by atoms with E-state index in [2.05, 4.69) is 144 Å². The molecule has 0 radical (unpaired) electrons. The number of nitrogens with zero attached hydrogens (tertiary/aromatic N) is 2. The first-order valence-electron chi connectivity index (χ1n) is 16.1. The molecule has 0 aliphatic heterocycles. The zero-order valence-electron chi connectivity index (χ0n) is 28.1. The van der Waals surface area contributed by atoms with Crippen molar-refractivity contribution < 1.29 is 0 Å². The minimum absolute atomic E-state index is 0.404. The van der Waals surface area contributed by atoms with Gasteiger partial charge in [0, 0.05) is 11.1 Å². The lowest BCUT2D eigenvalue weighted by atomic mass is 9.83. The molecule has 0 amide bonds. The maximum Gasteiger partial charge on any atom is 0.0893 e. The van der Waals surface area contributed by atoms with Crippen LogP contribution >= 0.6 is 0 Å². The molecule has 0 fully saturated rings. The van der Waals surface area contributed by atoms with Crippen molar-refractivity contribution in [3.8, 4) is 33.9 Å². The standard InChI is InChI=1S/C40H52N2/c1-23(2)29-19-31(25(5)6)39(32(20-29)26(7)8)37-17-13-15-35(41-37)36-16-14-18-38(42-36)40-33(27(9)10)21-30(24(3)4)22-34(40)28(11)12/h13-28H,1-12H3. The average molecular weight is 561 g/mol. The number of aromatic nitrogens is 2. The van der Waals surface area contributed by atoms with E-state index < -0.39 is 0 Å². The van der Waals surface area contributed by atoms with Crippen LogP contribution in [0.2, 0.25) is 0 Å². The predicted octanol–water partition coefficient (Wildman–Crippen LogP) is 12.2. The molecule has 0 aliphatic carbocycles. The minimum atomic E-state index is 0.404. The van der Waals surface area contributed by atoms with E-state index in [4.69, 9.17) is 9.97 Å². The van der Waals surface area contributed by atoms with Gasteiger partial charge in [0.15, 0.2) is 0 Å². The zero-order valence-corrected chi connectivity index (χ0v) is 28.1. The smallest absolute Gasteiger partial charge is 0.0893 e. The van der Waals surface area contributed by atoms with E-state index in [1.165, 1.54) is 44.5 Å². The van der Waals surface area contributed by atoms with E-state index in [0.29, 0.717) is 35.5 Å². The van der Waals surface area contributed by atoms with Gasteiger partial charge in [-0.15, -0.1) is 0 Å². The van der Waals surface area contributed by atoms with Gasteiger partial charge in [-0.05, 0) is 93.2 Å². The van der Waals surface area contributed by atoms with E-state index in [1.807, 2.05) is 0 Å². The van der Waals surface area contributed by atoms with Crippen LogP contribution in [-0.4, -0.2) is 9.97 Å². The maximum atomic E-state index is 5.30. The van der Waals surface area contributed by atoms with Gasteiger partial charge in [0.1, 0.15) is 0 Å². The summed E-state index contributed by atoms with van der Waals surface area (Å²) < 4.78 is 0. The second kappa shape index (κ2) is 12.9. The topological polar surface area (TPSA) is 25.8 Å². The second-order valence-electron chi connectivity index (χ2n) is 13.9. The molecule has 0 spiro atoms. The van der Waals surface area contributed by atoms with Crippen molar-refractivity contribution in [1.29, 1.82) is 0 Å². The van der Waals surface area contributed by atoms with Gasteiger partial charge >= 0.3 is 0 Å². The van der Waals surface area contributed by atoms with E-state index in [-0.39, 0.29) is 0 Å². The third-order valence-electron chi connectivity index (χ3n) is 8.54. The summed E-state index contributed by atoms with van der Waals surface area (Å²) >= 11 is 0. The molecule has 42 heavy (non-hydrogen) atoms. The third-order valence-corrected chi connectivity index (χ3v) is 8.54. The first-order valence-corrected chi connectivity index (χ1v) is 16.1. The van der Waals surface area contributed by atoms with Gasteiger partial charge in [-0.3, -0.25) is 0 Å². The van der Waals surface area contributed by atoms with Crippen molar-refractivity contribution in [2.24, 2.45) is 0 Å². The fraction of sp³-hybridized carbons (Fsp3) is 0.450. The van der Waals surface area contributed by atoms with Crippen LogP contribution in [0.1, 0.15) is 152 Å². The molecule has 2 heteroatoms. The molecule has 4 rings (SSSR count). The van der Waals surface area contributed by atoms with Crippen LogP contribution in [0.3, 0.4) is 0 Å². The average Bonchev–Trinajstić information content (AvgIpc) is 2.95. The van der Waals surface area contributed by atoms with Crippen LogP contribution in [-0.2, 0) is 0 Å². The highest BCUT2D eigenvalue weighted by atomic mass is 14.8. The summed E-state index contributed by atoms with van der Waals surface area (Å²) in [5.41, 5.74) is 14.8. The van der Waals surface area contributed by atoms with Crippen molar-refractivity contribution in [2.75, 3.05) is 0 Å². The Kier molecular flexibility index (Phi) is 9.76. The Morgan fingerprint density at radius 3 is 0.857 bits per heavy atom. The molecular formula is C40H52N2. The molecule has 0 saturated heterocycles. The van der Waals surface area contributed by atoms with Gasteiger partial charge in [-0.2, -0.15) is 0 Å². The van der Waals surface area contributed by atoms with Crippen molar-refractivity contribution in [3.05, 3.63) is 94.0 Å². The van der Waals surface area contributed by atoms with Gasteiger partial charge in [-0.25, -0.2) is 9.97 Å². The molecular weight excluding hydrogens is 508 g/mol. The maximum absolute atomic E-state index is 5.30. The largest absolute Gasteiger partial charge is 0.246 e. The summed E-state index contributed by atoms with van der Waals surface area (Å²) in [4.78, 5) is 10.6. The van der Waals surface area contributed by atoms with E-state index in [0.717, 1.165) is 22.8 Å². The molecule has 2 heterocycles. The molecule has 2 aromatic carbocycles. The Bertz CT molecular complexity index is 1360. The lowest BCUT2D eigenvalue weighted by molar-refractivity contribution is 0.806. The Morgan fingerprint density at radius 2 is 0.619 bits per heavy atom. The molecule has 0 unspecified atom stereocenters. The summed E-state index contributed by atoms with van der Waals surface area (Å²) in [7, 11) is 0. The molecule has 4 aromatic rings. The van der Waals surface area contributed by atoms with Crippen molar-refractivity contribution in [3.63, 3.8) is 0 Å². The van der Waals surface area contributed by atoms with Gasteiger partial charge in [0.25, 0.3) is 0 Å². The Labute approximate surface area is 256 Å². The van der Waals surface area contributed by atoms with E-state index in [9.17, 15) is 0 Å². The van der Waals surface area contributed by atoms with E-state index >= 15 is 0 Å². The highest BCUT2D eigenvalue weighted by Crippen LogP contribution is 2.40. The molecule has 0 atom stereocenters. The normalized spacial score (nSPS) is 12.1. The van der Waals surface area contributed by atoms with Crippen LogP contribution in [0.15, 0.2) is 60.7 Å². The zero-order chi connectivity index (χ0) is 30.9. The number of hydrogen-bond acceptors (Lipinski definition) is 2. The number of hydrogen-bond donors (Lipinski definition) is 0. The monoisotopic (exact) mass is 560 g/mol. The molecule has 0 aliphatic rings. The summed E-state index contributed by atoms with van der Waals surface area (Å²) in [6.45, 7) is 27.5. The fourth-order valence-corrected chi connectivity index (χ4v) is 5.94. The summed E-state index contributed by atoms with van der Waals surface area (Å²) in [6.07, 6.45) is 0. The molecule has 0 saturated carbocycles. The van der Waals surface area contributed by atoms with Crippen LogP contribution in [0.25, 0.3) is 33.9 Å². The third kappa shape index (κ3) is 6.54. The van der Waals surface area contributed by atoms with E-state index in [1.54, 1.807) is 0 Å². The van der Waals surface area contributed by atoms with Gasteiger partial charge in [0.2, 0.25) is 0 Å². The van der Waals surface area contributed by atoms with Crippen molar-refractivity contribution >= 4 is 0 Å². The SMILES string of the molecule is CC(C)c1cc(C(C)C)c(-c2cccc(-c3cccc(-c4c(C(C)C)cc(C(C)C)cc4C(C)C)n3)n2)c(C(C)C)c1. The molecule has 0 bridgehead atoms. The first kappa shape index (κ1) is 31.7. The second-order valence-corrected chi connectivity index (χ2v) is 13.9. The van der Waals surface area contributed by atoms with Crippen LogP contribution in [0, 0.1) is 0 Å². The molecule has 222 valence electrons. The number of rotatable bonds is 9. The highest BCUT2D eigenvalue weighted by molar-refractivity contribution is 5.75.